The molecule has 0 radical (unpaired) electrons. The Balaban J connectivity index is 2.55. The van der Waals surface area contributed by atoms with Crippen LogP contribution in [0.4, 0.5) is 5.13 Å². The van der Waals surface area contributed by atoms with Crippen molar-refractivity contribution in [1.29, 1.82) is 0 Å². The average molecular weight is 294 g/mol. The van der Waals surface area contributed by atoms with Crippen LogP contribution in [-0.4, -0.2) is 43.9 Å². The maximum Gasteiger partial charge on any atom is 0.309 e. The molecule has 0 aromatic carbocycles. The highest BCUT2D eigenvalue weighted by molar-refractivity contribution is 7.92. The minimum absolute atomic E-state index is 0.0608. The fourth-order valence-corrected chi connectivity index (χ4v) is 3.21. The van der Waals surface area contributed by atoms with Crippen molar-refractivity contribution in [3.05, 3.63) is 11.1 Å². The van der Waals surface area contributed by atoms with Crippen LogP contribution in [0.5, 0.6) is 0 Å². The summed E-state index contributed by atoms with van der Waals surface area (Å²) >= 11 is 1.06. The number of anilines is 1. The first-order valence-corrected chi connectivity index (χ1v) is 7.62. The molecule has 9 heteroatoms. The molecule has 0 amide bonds. The van der Waals surface area contributed by atoms with E-state index in [1.165, 1.54) is 12.5 Å². The summed E-state index contributed by atoms with van der Waals surface area (Å²) < 4.78 is 30.2. The van der Waals surface area contributed by atoms with E-state index in [9.17, 15) is 13.2 Å². The summed E-state index contributed by atoms with van der Waals surface area (Å²) in [6, 6.07) is 0. The summed E-state index contributed by atoms with van der Waals surface area (Å²) in [5, 5.41) is 10.3. The van der Waals surface area contributed by atoms with Gasteiger partial charge in [-0.3, -0.25) is 9.52 Å². The number of methoxy groups -OCH3 is 1. The molecule has 1 aromatic rings. The van der Waals surface area contributed by atoms with Crippen molar-refractivity contribution in [1.82, 2.24) is 4.98 Å². The summed E-state index contributed by atoms with van der Waals surface area (Å²) in [5.41, 5.74) is 0.335. The lowest BCUT2D eigenvalue weighted by molar-refractivity contribution is -0.136. The molecule has 0 aliphatic carbocycles. The maximum atomic E-state index is 11.6. The molecule has 0 atom stereocenters. The van der Waals surface area contributed by atoms with Gasteiger partial charge in [0.05, 0.1) is 17.9 Å². The number of nitrogens with one attached hydrogen (secondary N) is 1. The molecule has 0 aliphatic heterocycles. The molecule has 18 heavy (non-hydrogen) atoms. The molecule has 0 unspecified atom stereocenters. The van der Waals surface area contributed by atoms with E-state index in [0.717, 1.165) is 11.3 Å². The number of nitrogens with zero attached hydrogens (tertiary/aromatic N) is 1. The second-order valence-corrected chi connectivity index (χ2v) is 6.18. The standard InChI is InChI=1S/C9H14N2O5S2/c1-16-3-2-4-18(14,15)11-9-10-7(6-17-9)5-8(12)13/h6H,2-5H2,1H3,(H,10,11)(H,12,13). The Morgan fingerprint density at radius 1 is 1.61 bits per heavy atom. The number of carboxylic acid groups (broad SMARTS) is 1. The van der Waals surface area contributed by atoms with Crippen LogP contribution in [0.2, 0.25) is 0 Å². The first-order chi connectivity index (χ1) is 8.43. The SMILES string of the molecule is COCCCS(=O)(=O)Nc1nc(CC(=O)O)cs1. The van der Waals surface area contributed by atoms with Crippen molar-refractivity contribution in [2.75, 3.05) is 24.2 Å². The summed E-state index contributed by atoms with van der Waals surface area (Å²) in [6.45, 7) is 0.364. The molecule has 7 nitrogen and oxygen atoms in total. The first kappa shape index (κ1) is 14.9. The van der Waals surface area contributed by atoms with E-state index in [2.05, 4.69) is 9.71 Å². The summed E-state index contributed by atoms with van der Waals surface area (Å²) in [7, 11) is -1.95. The third-order valence-corrected chi connectivity index (χ3v) is 4.15. The van der Waals surface area contributed by atoms with Crippen molar-refractivity contribution in [2.24, 2.45) is 0 Å². The Morgan fingerprint density at radius 2 is 2.33 bits per heavy atom. The zero-order valence-corrected chi connectivity index (χ0v) is 11.4. The maximum absolute atomic E-state index is 11.6. The monoisotopic (exact) mass is 294 g/mol. The van der Waals surface area contributed by atoms with E-state index in [0.29, 0.717) is 18.7 Å². The van der Waals surface area contributed by atoms with Gasteiger partial charge in [0.1, 0.15) is 0 Å². The average Bonchev–Trinajstić information content (AvgIpc) is 2.63. The lowest BCUT2D eigenvalue weighted by atomic mass is 10.3. The molecule has 1 rings (SSSR count). The van der Waals surface area contributed by atoms with E-state index in [4.69, 9.17) is 9.84 Å². The van der Waals surface area contributed by atoms with Crippen LogP contribution in [0.1, 0.15) is 12.1 Å². The van der Waals surface area contributed by atoms with Gasteiger partial charge in [0.2, 0.25) is 10.0 Å². The molecule has 2 N–H and O–H groups in total. The lowest BCUT2D eigenvalue weighted by Gasteiger charge is -2.04. The van der Waals surface area contributed by atoms with Crippen LogP contribution in [0, 0.1) is 0 Å². The quantitative estimate of drug-likeness (QED) is 0.678. The molecular weight excluding hydrogens is 280 g/mol. The highest BCUT2D eigenvalue weighted by atomic mass is 32.2. The fraction of sp³-hybridized carbons (Fsp3) is 0.556. The Morgan fingerprint density at radius 3 is 2.94 bits per heavy atom. The molecule has 1 aromatic heterocycles. The highest BCUT2D eigenvalue weighted by Crippen LogP contribution is 2.17. The van der Waals surface area contributed by atoms with E-state index in [-0.39, 0.29) is 17.3 Å². The van der Waals surface area contributed by atoms with E-state index in [1.807, 2.05) is 0 Å². The molecule has 0 saturated heterocycles. The number of hydrogen-bond donors (Lipinski definition) is 2. The van der Waals surface area contributed by atoms with Gasteiger partial charge in [-0.2, -0.15) is 0 Å². The molecule has 0 fully saturated rings. The van der Waals surface area contributed by atoms with Crippen LogP contribution in [0.25, 0.3) is 0 Å². The van der Waals surface area contributed by atoms with Gasteiger partial charge in [0.15, 0.2) is 5.13 Å². The molecule has 0 saturated carbocycles. The van der Waals surface area contributed by atoms with Gasteiger partial charge in [0.25, 0.3) is 0 Å². The Labute approximate surface area is 109 Å². The van der Waals surface area contributed by atoms with Crippen molar-refractivity contribution in [3.63, 3.8) is 0 Å². The van der Waals surface area contributed by atoms with Gasteiger partial charge in [-0.05, 0) is 6.42 Å². The normalized spacial score (nSPS) is 11.4. The minimum Gasteiger partial charge on any atom is -0.481 e. The Kier molecular flexibility index (Phi) is 5.51. The number of hydrogen-bond acceptors (Lipinski definition) is 6. The molecule has 0 bridgehead atoms. The predicted octanol–water partition coefficient (Wildman–Crippen LogP) is 0.548. The molecule has 0 aliphatic rings. The van der Waals surface area contributed by atoms with E-state index < -0.39 is 16.0 Å². The largest absolute Gasteiger partial charge is 0.481 e. The lowest BCUT2D eigenvalue weighted by Crippen LogP contribution is -2.17. The zero-order valence-electron chi connectivity index (χ0n) is 9.75. The van der Waals surface area contributed by atoms with Crippen LogP contribution in [0.15, 0.2) is 5.38 Å². The topological polar surface area (TPSA) is 106 Å². The van der Waals surface area contributed by atoms with E-state index >= 15 is 0 Å². The van der Waals surface area contributed by atoms with Gasteiger partial charge in [-0.25, -0.2) is 13.4 Å². The number of aliphatic carboxylic acids is 1. The fourth-order valence-electron chi connectivity index (χ4n) is 1.17. The zero-order chi connectivity index (χ0) is 13.6. The van der Waals surface area contributed by atoms with Crippen molar-refractivity contribution in [3.8, 4) is 0 Å². The number of ether oxygens (including phenoxy) is 1. The second kappa shape index (κ2) is 6.66. The number of rotatable bonds is 8. The van der Waals surface area contributed by atoms with Crippen LogP contribution < -0.4 is 4.72 Å². The molecule has 102 valence electrons. The molecule has 1 heterocycles. The summed E-state index contributed by atoms with van der Waals surface area (Å²) in [5.74, 6) is -1.07. The molecular formula is C9H14N2O5S2. The van der Waals surface area contributed by atoms with Crippen molar-refractivity contribution in [2.45, 2.75) is 12.8 Å². The first-order valence-electron chi connectivity index (χ1n) is 5.08. The van der Waals surface area contributed by atoms with Gasteiger partial charge in [0, 0.05) is 19.1 Å². The second-order valence-electron chi connectivity index (χ2n) is 3.48. The smallest absolute Gasteiger partial charge is 0.309 e. The number of thiazole rings is 1. The molecule has 0 spiro atoms. The number of carbonyl (C=O) groups is 1. The predicted molar refractivity (Wildman–Crippen MR) is 67.4 cm³/mol. The van der Waals surface area contributed by atoms with Crippen LogP contribution in [0.3, 0.4) is 0 Å². The van der Waals surface area contributed by atoms with Crippen molar-refractivity contribution >= 4 is 32.5 Å². The third kappa shape index (κ3) is 5.43. The number of carboxylic acids is 1. The third-order valence-electron chi connectivity index (χ3n) is 1.89. The van der Waals surface area contributed by atoms with Crippen LogP contribution in [-0.2, 0) is 26.0 Å². The van der Waals surface area contributed by atoms with Gasteiger partial charge < -0.3 is 9.84 Å². The van der Waals surface area contributed by atoms with Gasteiger partial charge >= 0.3 is 5.97 Å². The Hall–Kier alpha value is -1.19. The Bertz CT molecular complexity index is 497. The van der Waals surface area contributed by atoms with Gasteiger partial charge in [-0.1, -0.05) is 0 Å². The highest BCUT2D eigenvalue weighted by Gasteiger charge is 2.13. The summed E-state index contributed by atoms with van der Waals surface area (Å²) in [4.78, 5) is 14.3. The minimum atomic E-state index is -3.45. The number of sulfonamides is 1. The van der Waals surface area contributed by atoms with E-state index in [1.54, 1.807) is 0 Å². The number of aromatic nitrogens is 1. The van der Waals surface area contributed by atoms with Crippen molar-refractivity contribution < 1.29 is 23.1 Å². The van der Waals surface area contributed by atoms with Crippen LogP contribution >= 0.6 is 11.3 Å². The summed E-state index contributed by atoms with van der Waals surface area (Å²) in [6.07, 6.45) is 0.168. The van der Waals surface area contributed by atoms with Gasteiger partial charge in [-0.15, -0.1) is 11.3 Å².